The lowest BCUT2D eigenvalue weighted by atomic mass is 10.0. The van der Waals surface area contributed by atoms with Crippen molar-refractivity contribution in [2.45, 2.75) is 38.9 Å². The van der Waals surface area contributed by atoms with Crippen LogP contribution in [0.25, 0.3) is 22.5 Å². The predicted octanol–water partition coefficient (Wildman–Crippen LogP) is 5.93. The zero-order chi connectivity index (χ0) is 45.6. The van der Waals surface area contributed by atoms with Crippen LogP contribution in [0.2, 0.25) is 0 Å². The number of amides is 2. The molecule has 0 unspecified atom stereocenters. The van der Waals surface area contributed by atoms with Crippen molar-refractivity contribution >= 4 is 57.7 Å². The largest absolute Gasteiger partial charge is 0.417 e. The summed E-state index contributed by atoms with van der Waals surface area (Å²) in [5, 5.41) is 19.5. The van der Waals surface area contributed by atoms with Crippen molar-refractivity contribution in [3.05, 3.63) is 132 Å². The van der Waals surface area contributed by atoms with Crippen LogP contribution in [0.15, 0.2) is 109 Å². The molecular weight excluding hydrogens is 853 g/mol. The number of carbonyl (C=O) groups is 4. The quantitative estimate of drug-likeness (QED) is 0.0486. The number of aromatic nitrogens is 6. The molecule has 5 N–H and O–H groups in total. The molecule has 4 aromatic heterocycles. The van der Waals surface area contributed by atoms with Gasteiger partial charge in [0.1, 0.15) is 17.5 Å². The fourth-order valence-electron chi connectivity index (χ4n) is 6.15. The minimum atomic E-state index is -4.52. The second-order valence-electron chi connectivity index (χ2n) is 14.3. The molecule has 2 fully saturated rings. The van der Waals surface area contributed by atoms with Crippen molar-refractivity contribution < 1.29 is 32.3 Å². The molecule has 0 aliphatic carbocycles. The van der Waals surface area contributed by atoms with Gasteiger partial charge in [0.05, 0.1) is 41.3 Å². The molecule has 2 aliphatic heterocycles. The molecule has 0 bridgehead atoms. The highest BCUT2D eigenvalue weighted by molar-refractivity contribution is 6.82. The highest BCUT2D eigenvalue weighted by Crippen LogP contribution is 2.36. The predicted molar refractivity (Wildman–Crippen MR) is 235 cm³/mol. The maximum absolute atomic E-state index is 13.2. The molecule has 8 rings (SSSR count). The van der Waals surface area contributed by atoms with E-state index in [0.717, 1.165) is 68.0 Å². The molecule has 0 spiro atoms. The number of carbonyl (C=O) groups excluding carboxylic acids is 4. The van der Waals surface area contributed by atoms with Gasteiger partial charge in [-0.15, -0.1) is 10.2 Å². The van der Waals surface area contributed by atoms with Gasteiger partial charge in [0.2, 0.25) is 5.78 Å². The van der Waals surface area contributed by atoms with Gasteiger partial charge in [-0.05, 0) is 91.5 Å². The van der Waals surface area contributed by atoms with Crippen molar-refractivity contribution in [2.24, 2.45) is 5.84 Å². The molecule has 0 atom stereocenters. The van der Waals surface area contributed by atoms with E-state index < -0.39 is 34.6 Å². The average Bonchev–Trinajstić information content (AvgIpc) is 3.25. The second kappa shape index (κ2) is 21.6. The molecule has 0 radical (unpaired) electrons. The van der Waals surface area contributed by atoms with Crippen LogP contribution < -0.4 is 31.7 Å². The first-order chi connectivity index (χ1) is 30.8. The molecule has 2 aliphatic rings. The summed E-state index contributed by atoms with van der Waals surface area (Å²) in [7, 11) is 0. The number of alkyl halides is 3. The Morgan fingerprint density at radius 2 is 1.27 bits per heavy atom. The van der Waals surface area contributed by atoms with Crippen LogP contribution in [0, 0.1) is 6.92 Å². The Hall–Kier alpha value is -7.38. The van der Waals surface area contributed by atoms with Crippen LogP contribution in [0.1, 0.15) is 35.4 Å². The lowest BCUT2D eigenvalue weighted by Crippen LogP contribution is -2.37. The fraction of sp³-hybridized carbons (Fsp3) is 0.227. The third-order valence-corrected chi connectivity index (χ3v) is 9.96. The zero-order valence-corrected chi connectivity index (χ0v) is 35.1. The maximum Gasteiger partial charge on any atom is 0.417 e. The van der Waals surface area contributed by atoms with Crippen LogP contribution in [0.3, 0.4) is 0 Å². The normalized spacial score (nSPS) is 12.8. The molecule has 6 heterocycles. The Morgan fingerprint density at radius 3 is 1.84 bits per heavy atom. The summed E-state index contributed by atoms with van der Waals surface area (Å²) in [6, 6.07) is 30.3. The van der Waals surface area contributed by atoms with E-state index in [1.807, 2.05) is 49.4 Å². The molecule has 330 valence electrons. The number of nitrogens with zero attached hydrogens (tertiary/aromatic N) is 8. The Bertz CT molecular complexity index is 2580. The van der Waals surface area contributed by atoms with Crippen LogP contribution in [-0.2, 0) is 38.3 Å². The Balaban J connectivity index is 0.000000182. The summed E-state index contributed by atoms with van der Waals surface area (Å²) in [6.45, 7) is 5.75. The summed E-state index contributed by atoms with van der Waals surface area (Å²) >= 11 is 5.03. The second-order valence-corrected chi connectivity index (χ2v) is 14.6. The number of rotatable bonds is 12. The van der Waals surface area contributed by atoms with Gasteiger partial charge in [-0.1, -0.05) is 54.6 Å². The molecule has 2 aromatic carbocycles. The van der Waals surface area contributed by atoms with E-state index in [0.29, 0.717) is 23.0 Å². The van der Waals surface area contributed by atoms with Gasteiger partial charge in [-0.3, -0.25) is 19.2 Å². The van der Waals surface area contributed by atoms with Gasteiger partial charge < -0.3 is 25.9 Å². The highest BCUT2D eigenvalue weighted by Gasteiger charge is 2.33. The number of ketones is 1. The van der Waals surface area contributed by atoms with E-state index in [1.165, 1.54) is 35.9 Å². The molecule has 64 heavy (non-hydrogen) atoms. The van der Waals surface area contributed by atoms with Gasteiger partial charge >= 0.3 is 17.3 Å². The number of anilines is 4. The summed E-state index contributed by atoms with van der Waals surface area (Å²) in [5.41, 5.74) is 5.55. The molecule has 20 heteroatoms. The van der Waals surface area contributed by atoms with E-state index in [4.69, 9.17) is 17.4 Å². The number of hydrogen-bond acceptors (Lipinski definition) is 14. The number of halogens is 4. The minimum Gasteiger partial charge on any atom is -0.356 e. The van der Waals surface area contributed by atoms with Crippen molar-refractivity contribution in [1.29, 1.82) is 0 Å². The molecule has 2 saturated heterocycles. The monoisotopic (exact) mass is 894 g/mol. The SMILES string of the molecule is Cc1ccccc1-c1ccc(NN)nn1.O=C(Cc1cccc(N2CCC2)n1)C(=O)NCc1ccc(-c2ccccc2C(F)(F)F)nn1.O=C(Cl)C(=O)Nc1cccc(N2CCC2)n1. The first-order valence-corrected chi connectivity index (χ1v) is 20.3. The summed E-state index contributed by atoms with van der Waals surface area (Å²) in [6.07, 6.45) is -2.40. The lowest BCUT2D eigenvalue weighted by Gasteiger charge is -2.32. The number of Topliss-reactive ketones (excluding diaryl/α,β-unsaturated/α-hetero) is 1. The first-order valence-electron chi connectivity index (χ1n) is 19.9. The number of hydrogen-bond donors (Lipinski definition) is 4. The summed E-state index contributed by atoms with van der Waals surface area (Å²) in [4.78, 5) is 58.8. The van der Waals surface area contributed by atoms with Crippen LogP contribution in [0.4, 0.5) is 36.4 Å². The lowest BCUT2D eigenvalue weighted by molar-refractivity contribution is -0.137. The third-order valence-electron chi connectivity index (χ3n) is 9.79. The van der Waals surface area contributed by atoms with Crippen molar-refractivity contribution in [3.8, 4) is 22.5 Å². The van der Waals surface area contributed by atoms with Gasteiger partial charge in [-0.25, -0.2) is 15.8 Å². The number of nitrogens with one attached hydrogen (secondary N) is 3. The van der Waals surface area contributed by atoms with Crippen LogP contribution in [0.5, 0.6) is 0 Å². The van der Waals surface area contributed by atoms with E-state index in [9.17, 15) is 32.3 Å². The van der Waals surface area contributed by atoms with Gasteiger partial charge in [0.15, 0.2) is 5.82 Å². The molecular formula is C44H42ClF3N12O4. The Labute approximate surface area is 370 Å². The molecule has 0 saturated carbocycles. The van der Waals surface area contributed by atoms with Gasteiger partial charge in [-0.2, -0.15) is 23.4 Å². The van der Waals surface area contributed by atoms with Crippen LogP contribution >= 0.6 is 11.6 Å². The van der Waals surface area contributed by atoms with E-state index in [2.05, 4.69) is 56.2 Å². The number of hydrazine groups is 1. The van der Waals surface area contributed by atoms with Crippen molar-refractivity contribution in [2.75, 3.05) is 46.7 Å². The summed E-state index contributed by atoms with van der Waals surface area (Å²) in [5.74, 6) is 5.39. The molecule has 16 nitrogen and oxygen atoms in total. The Morgan fingerprint density at radius 1 is 0.656 bits per heavy atom. The van der Waals surface area contributed by atoms with E-state index >= 15 is 0 Å². The van der Waals surface area contributed by atoms with E-state index in [-0.39, 0.29) is 24.2 Å². The maximum atomic E-state index is 13.2. The topological polar surface area (TPSA) is 214 Å². The molecule has 2 amide bonds. The standard InChI is InChI=1S/C23H20F3N5O2.C11H12N4.C10H10ClN3O2/c24-23(25,26)18-7-2-1-6-17(18)19-10-9-16(29-30-19)14-27-22(33)20(32)13-15-5-3-8-21(28-15)31-11-4-12-31;1-8-4-2-3-5-9(8)10-6-7-11(13-12)15-14-10;11-9(15)10(16)13-7-3-1-4-8(12-7)14-5-2-6-14/h1-3,5-10H,4,11-14H2,(H,27,33);2-7H,12H2,1H3,(H,13,15);1,3-4H,2,5-6H2,(H,12,13,16). The van der Waals surface area contributed by atoms with Crippen LogP contribution in [-0.4, -0.2) is 79.4 Å². The molecule has 6 aromatic rings. The number of nitrogen functional groups attached to an aromatic ring is 1. The number of pyridine rings is 2. The van der Waals surface area contributed by atoms with Gasteiger partial charge in [0, 0.05) is 37.3 Å². The average molecular weight is 895 g/mol. The smallest absolute Gasteiger partial charge is 0.356 e. The number of aryl methyl sites for hydroxylation is 1. The number of benzene rings is 2. The highest BCUT2D eigenvalue weighted by atomic mass is 35.5. The third kappa shape index (κ3) is 12.6. The van der Waals surface area contributed by atoms with Crippen molar-refractivity contribution in [3.63, 3.8) is 0 Å². The van der Waals surface area contributed by atoms with Gasteiger partial charge in [0.25, 0.3) is 5.91 Å². The first kappa shape index (κ1) is 46.1. The Kier molecular flexibility index (Phi) is 15.6. The zero-order valence-electron chi connectivity index (χ0n) is 34.3. The minimum absolute atomic E-state index is 0.0576. The fourth-order valence-corrected chi connectivity index (χ4v) is 6.19. The summed E-state index contributed by atoms with van der Waals surface area (Å²) < 4.78 is 39.6. The van der Waals surface area contributed by atoms with E-state index in [1.54, 1.807) is 30.3 Å². The van der Waals surface area contributed by atoms with Crippen molar-refractivity contribution in [1.82, 2.24) is 35.7 Å². The number of nitrogens with two attached hydrogens (primary N) is 1.